The van der Waals surface area contributed by atoms with E-state index in [4.69, 9.17) is 13.6 Å². The van der Waals surface area contributed by atoms with Crippen molar-refractivity contribution in [2.24, 2.45) is 0 Å². The van der Waals surface area contributed by atoms with Crippen LogP contribution in [0.25, 0.3) is 0 Å². The Hall–Kier alpha value is -2.51. The van der Waals surface area contributed by atoms with E-state index >= 15 is 0 Å². The molecule has 0 N–H and O–H groups in total. The summed E-state index contributed by atoms with van der Waals surface area (Å²) in [6.45, 7) is 13.6. The summed E-state index contributed by atoms with van der Waals surface area (Å²) in [6.07, 6.45) is 34.4. The SMILES string of the molecule is CCCCCCCCCC.CCCCCCCCCC.CCCCCCCCCC.c1ccc(OP(Oc2ccccc2)Oc2ccccc2)cc1. The molecule has 296 valence electrons. The first kappa shape index (κ1) is 49.5. The zero-order valence-electron chi connectivity index (χ0n) is 34.8. The van der Waals surface area contributed by atoms with Crippen molar-refractivity contribution in [1.29, 1.82) is 0 Å². The van der Waals surface area contributed by atoms with Crippen LogP contribution in [-0.2, 0) is 0 Å². The highest BCUT2D eigenvalue weighted by molar-refractivity contribution is 7.43. The molecule has 0 aromatic heterocycles. The first-order valence-electron chi connectivity index (χ1n) is 21.6. The molecule has 3 aromatic rings. The van der Waals surface area contributed by atoms with Crippen molar-refractivity contribution in [2.75, 3.05) is 0 Å². The molecule has 0 bridgehead atoms. The molecule has 0 saturated heterocycles. The molecule has 0 fully saturated rings. The Morgan fingerprint density at radius 3 is 0.615 bits per heavy atom. The third kappa shape index (κ3) is 34.6. The Balaban J connectivity index is 0.000000736. The molecule has 0 spiro atoms. The van der Waals surface area contributed by atoms with E-state index in [0.717, 1.165) is 0 Å². The van der Waals surface area contributed by atoms with Crippen LogP contribution in [0.15, 0.2) is 91.0 Å². The van der Waals surface area contributed by atoms with Gasteiger partial charge in [0, 0.05) is 0 Å². The third-order valence-electron chi connectivity index (χ3n) is 8.64. The molecule has 0 amide bonds. The van der Waals surface area contributed by atoms with Gasteiger partial charge in [0.05, 0.1) is 0 Å². The van der Waals surface area contributed by atoms with E-state index < -0.39 is 8.60 Å². The van der Waals surface area contributed by atoms with E-state index in [-0.39, 0.29) is 0 Å². The number of benzene rings is 3. The van der Waals surface area contributed by atoms with E-state index in [0.29, 0.717) is 17.2 Å². The molecule has 0 aliphatic heterocycles. The van der Waals surface area contributed by atoms with E-state index in [9.17, 15) is 0 Å². The zero-order chi connectivity index (χ0) is 38.0. The molecule has 0 unspecified atom stereocenters. The lowest BCUT2D eigenvalue weighted by Crippen LogP contribution is -2.02. The first-order valence-corrected chi connectivity index (χ1v) is 22.7. The lowest BCUT2D eigenvalue weighted by atomic mass is 10.1. The lowest BCUT2D eigenvalue weighted by Gasteiger charge is -2.17. The van der Waals surface area contributed by atoms with Crippen LogP contribution in [0.1, 0.15) is 196 Å². The van der Waals surface area contributed by atoms with Crippen LogP contribution in [0, 0.1) is 0 Å². The Morgan fingerprint density at radius 2 is 0.442 bits per heavy atom. The summed E-state index contributed by atoms with van der Waals surface area (Å²) in [5.74, 6) is 2.13. The second kappa shape index (κ2) is 41.2. The Labute approximate surface area is 325 Å². The van der Waals surface area contributed by atoms with E-state index in [1.54, 1.807) is 0 Å². The summed E-state index contributed by atoms with van der Waals surface area (Å²) >= 11 is 0. The van der Waals surface area contributed by atoms with E-state index in [1.807, 2.05) is 91.0 Å². The minimum atomic E-state index is -1.59. The molecular formula is C48H81O3P. The van der Waals surface area contributed by atoms with Crippen molar-refractivity contribution in [3.8, 4) is 17.2 Å². The third-order valence-corrected chi connectivity index (χ3v) is 9.72. The van der Waals surface area contributed by atoms with Gasteiger partial charge in [0.15, 0.2) is 0 Å². The van der Waals surface area contributed by atoms with E-state index in [2.05, 4.69) is 41.5 Å². The van der Waals surface area contributed by atoms with E-state index in [1.165, 1.54) is 154 Å². The average Bonchev–Trinajstić information content (AvgIpc) is 3.18. The molecule has 0 saturated carbocycles. The van der Waals surface area contributed by atoms with Crippen molar-refractivity contribution in [1.82, 2.24) is 0 Å². The summed E-state index contributed by atoms with van der Waals surface area (Å²) in [6, 6.07) is 28.5. The van der Waals surface area contributed by atoms with Crippen LogP contribution in [0.4, 0.5) is 0 Å². The van der Waals surface area contributed by atoms with Gasteiger partial charge in [-0.2, -0.15) is 0 Å². The molecule has 0 atom stereocenters. The Bertz CT molecular complexity index is 886. The maximum atomic E-state index is 5.84. The molecule has 0 aliphatic rings. The molecule has 4 heteroatoms. The topological polar surface area (TPSA) is 27.7 Å². The summed E-state index contributed by atoms with van der Waals surface area (Å²) in [4.78, 5) is 0. The van der Waals surface area contributed by atoms with Gasteiger partial charge in [-0.05, 0) is 36.4 Å². The normalized spacial score (nSPS) is 10.2. The first-order chi connectivity index (χ1) is 25.6. The van der Waals surface area contributed by atoms with Crippen molar-refractivity contribution in [3.05, 3.63) is 91.0 Å². The van der Waals surface area contributed by atoms with Gasteiger partial charge >= 0.3 is 8.60 Å². The van der Waals surface area contributed by atoms with Gasteiger partial charge in [-0.1, -0.05) is 250 Å². The van der Waals surface area contributed by atoms with Gasteiger partial charge < -0.3 is 13.6 Å². The molecule has 0 heterocycles. The summed E-state index contributed by atoms with van der Waals surface area (Å²) < 4.78 is 17.5. The lowest BCUT2D eigenvalue weighted by molar-refractivity contribution is 0.388. The van der Waals surface area contributed by atoms with Crippen LogP contribution < -0.4 is 13.6 Å². The maximum absolute atomic E-state index is 5.84. The van der Waals surface area contributed by atoms with Gasteiger partial charge in [-0.3, -0.25) is 0 Å². The van der Waals surface area contributed by atoms with Gasteiger partial charge in [0.1, 0.15) is 17.2 Å². The predicted octanol–water partition coefficient (Wildman–Crippen LogP) is 17.9. The molecule has 0 radical (unpaired) electrons. The fourth-order valence-corrected chi connectivity index (χ4v) is 6.37. The summed E-state index contributed by atoms with van der Waals surface area (Å²) in [5, 5.41) is 0. The molecule has 0 aliphatic carbocycles. The zero-order valence-corrected chi connectivity index (χ0v) is 35.7. The highest BCUT2D eigenvalue weighted by Gasteiger charge is 2.19. The maximum Gasteiger partial charge on any atom is 0.530 e. The Morgan fingerprint density at radius 1 is 0.269 bits per heavy atom. The predicted molar refractivity (Wildman–Crippen MR) is 233 cm³/mol. The number of hydrogen-bond acceptors (Lipinski definition) is 3. The van der Waals surface area contributed by atoms with Crippen molar-refractivity contribution < 1.29 is 13.6 Å². The van der Waals surface area contributed by atoms with Gasteiger partial charge in [-0.15, -0.1) is 0 Å². The monoisotopic (exact) mass is 737 g/mol. The molecule has 3 rings (SSSR count). The smallest absolute Gasteiger partial charge is 0.409 e. The fraction of sp³-hybridized carbons (Fsp3) is 0.625. The van der Waals surface area contributed by atoms with Crippen LogP contribution in [0.5, 0.6) is 17.2 Å². The number of hydrogen-bond donors (Lipinski definition) is 0. The van der Waals surface area contributed by atoms with Crippen LogP contribution in [0.2, 0.25) is 0 Å². The highest BCUT2D eigenvalue weighted by atomic mass is 31.2. The summed E-state index contributed by atoms with van der Waals surface area (Å²) in [5.41, 5.74) is 0. The molecule has 3 aromatic carbocycles. The molecule has 52 heavy (non-hydrogen) atoms. The highest BCUT2D eigenvalue weighted by Crippen LogP contribution is 2.42. The number of para-hydroxylation sites is 3. The summed E-state index contributed by atoms with van der Waals surface area (Å²) in [7, 11) is -1.59. The quantitative estimate of drug-likeness (QED) is 0.0576. The fourth-order valence-electron chi connectivity index (χ4n) is 5.38. The standard InChI is InChI=1S/C18H15O3P.3C10H22/c1-4-10-16(11-5-1)19-22(20-17-12-6-2-7-13-17)21-18-14-8-3-9-15-18;3*1-3-5-7-9-10-8-6-4-2/h1-15H;3*3-10H2,1-2H3. The van der Waals surface area contributed by atoms with Gasteiger partial charge in [0.25, 0.3) is 0 Å². The van der Waals surface area contributed by atoms with Crippen LogP contribution >= 0.6 is 8.60 Å². The van der Waals surface area contributed by atoms with Gasteiger partial charge in [-0.25, -0.2) is 0 Å². The minimum Gasteiger partial charge on any atom is -0.409 e. The second-order valence-electron chi connectivity index (χ2n) is 13.8. The second-order valence-corrected chi connectivity index (χ2v) is 14.8. The average molecular weight is 737 g/mol. The van der Waals surface area contributed by atoms with Crippen molar-refractivity contribution in [2.45, 2.75) is 196 Å². The molecule has 3 nitrogen and oxygen atoms in total. The van der Waals surface area contributed by atoms with Gasteiger partial charge in [0.2, 0.25) is 0 Å². The largest absolute Gasteiger partial charge is 0.530 e. The minimum absolute atomic E-state index is 0.709. The number of rotatable bonds is 27. The van der Waals surface area contributed by atoms with Crippen molar-refractivity contribution in [3.63, 3.8) is 0 Å². The number of unbranched alkanes of at least 4 members (excludes halogenated alkanes) is 21. The van der Waals surface area contributed by atoms with Crippen LogP contribution in [-0.4, -0.2) is 0 Å². The van der Waals surface area contributed by atoms with Crippen molar-refractivity contribution >= 4 is 8.60 Å². The Kier molecular flexibility index (Phi) is 39.3. The molecular weight excluding hydrogens is 655 g/mol. The van der Waals surface area contributed by atoms with Crippen LogP contribution in [0.3, 0.4) is 0 Å².